The normalized spacial score (nSPS) is 40.0. The SMILES string of the molecule is CC(C)(C)C1CCC(N)C(CC2CCC3(CCCC3)O2)C1. The second-order valence-electron chi connectivity index (χ2n) is 9.20. The van der Waals surface area contributed by atoms with Crippen molar-refractivity contribution in [3.63, 3.8) is 0 Å². The summed E-state index contributed by atoms with van der Waals surface area (Å²) in [5.74, 6) is 1.52. The third kappa shape index (κ3) is 3.47. The maximum atomic E-state index is 6.53. The molecule has 4 atom stereocenters. The van der Waals surface area contributed by atoms with Gasteiger partial charge in [-0.25, -0.2) is 0 Å². The molecular formula is C19H35NO. The number of hydrogen-bond donors (Lipinski definition) is 1. The van der Waals surface area contributed by atoms with Crippen LogP contribution in [0.25, 0.3) is 0 Å². The van der Waals surface area contributed by atoms with Crippen LogP contribution in [0.3, 0.4) is 0 Å². The standard InChI is InChI=1S/C19H35NO/c1-18(2,3)15-6-7-17(20)14(12-15)13-16-8-11-19(21-16)9-4-5-10-19/h14-17H,4-13,20H2,1-3H3. The Kier molecular flexibility index (Phi) is 4.40. The predicted molar refractivity (Wildman–Crippen MR) is 88.2 cm³/mol. The summed E-state index contributed by atoms with van der Waals surface area (Å²) in [5.41, 5.74) is 7.17. The molecule has 1 spiro atoms. The van der Waals surface area contributed by atoms with Crippen LogP contribution in [-0.4, -0.2) is 17.7 Å². The quantitative estimate of drug-likeness (QED) is 0.803. The third-order valence-electron chi connectivity index (χ3n) is 6.68. The Balaban J connectivity index is 1.56. The Morgan fingerprint density at radius 1 is 1.05 bits per heavy atom. The minimum Gasteiger partial charge on any atom is -0.372 e. The van der Waals surface area contributed by atoms with Crippen molar-refractivity contribution in [3.05, 3.63) is 0 Å². The van der Waals surface area contributed by atoms with E-state index in [9.17, 15) is 0 Å². The van der Waals surface area contributed by atoms with Gasteiger partial charge in [-0.3, -0.25) is 0 Å². The molecule has 0 aromatic heterocycles. The summed E-state index contributed by atoms with van der Waals surface area (Å²) in [6.07, 6.45) is 13.5. The zero-order valence-corrected chi connectivity index (χ0v) is 14.4. The summed E-state index contributed by atoms with van der Waals surface area (Å²) in [5, 5.41) is 0. The van der Waals surface area contributed by atoms with Crippen molar-refractivity contribution in [2.75, 3.05) is 0 Å². The molecule has 2 N–H and O–H groups in total. The van der Waals surface area contributed by atoms with Gasteiger partial charge in [0.15, 0.2) is 0 Å². The molecule has 0 amide bonds. The smallest absolute Gasteiger partial charge is 0.0687 e. The highest BCUT2D eigenvalue weighted by molar-refractivity contribution is 4.95. The van der Waals surface area contributed by atoms with E-state index in [2.05, 4.69) is 20.8 Å². The number of hydrogen-bond acceptors (Lipinski definition) is 2. The van der Waals surface area contributed by atoms with E-state index in [0.717, 1.165) is 5.92 Å². The van der Waals surface area contributed by atoms with Gasteiger partial charge in [0, 0.05) is 6.04 Å². The van der Waals surface area contributed by atoms with E-state index in [4.69, 9.17) is 10.5 Å². The molecule has 2 heteroatoms. The minimum absolute atomic E-state index is 0.285. The van der Waals surface area contributed by atoms with Gasteiger partial charge in [0.2, 0.25) is 0 Å². The first-order chi connectivity index (χ1) is 9.88. The molecule has 2 saturated carbocycles. The molecule has 122 valence electrons. The van der Waals surface area contributed by atoms with Gasteiger partial charge in [-0.15, -0.1) is 0 Å². The zero-order chi connectivity index (χ0) is 15.1. The molecule has 1 aliphatic heterocycles. The average molecular weight is 293 g/mol. The molecule has 1 saturated heterocycles. The second kappa shape index (κ2) is 5.85. The van der Waals surface area contributed by atoms with Crippen molar-refractivity contribution in [2.45, 2.75) is 103 Å². The monoisotopic (exact) mass is 293 g/mol. The van der Waals surface area contributed by atoms with Gasteiger partial charge < -0.3 is 10.5 Å². The molecule has 0 bridgehead atoms. The fourth-order valence-corrected chi connectivity index (χ4v) is 5.13. The Morgan fingerprint density at radius 3 is 2.43 bits per heavy atom. The number of rotatable bonds is 2. The van der Waals surface area contributed by atoms with E-state index in [0.29, 0.717) is 23.5 Å². The highest BCUT2D eigenvalue weighted by Gasteiger charge is 2.44. The first kappa shape index (κ1) is 15.8. The number of ether oxygens (including phenoxy) is 1. The first-order valence-corrected chi connectivity index (χ1v) is 9.31. The molecule has 3 rings (SSSR count). The van der Waals surface area contributed by atoms with Crippen LogP contribution >= 0.6 is 0 Å². The number of nitrogens with two attached hydrogens (primary N) is 1. The van der Waals surface area contributed by atoms with E-state index < -0.39 is 0 Å². The molecule has 0 radical (unpaired) electrons. The molecule has 0 aromatic carbocycles. The molecule has 3 fully saturated rings. The van der Waals surface area contributed by atoms with E-state index in [1.165, 1.54) is 64.2 Å². The minimum atomic E-state index is 0.285. The van der Waals surface area contributed by atoms with Gasteiger partial charge in [-0.1, -0.05) is 33.6 Å². The lowest BCUT2D eigenvalue weighted by Crippen LogP contribution is -2.41. The maximum absolute atomic E-state index is 6.53. The van der Waals surface area contributed by atoms with Crippen LogP contribution in [0.2, 0.25) is 0 Å². The van der Waals surface area contributed by atoms with Crippen molar-refractivity contribution in [2.24, 2.45) is 23.0 Å². The van der Waals surface area contributed by atoms with Gasteiger partial charge in [0.1, 0.15) is 0 Å². The van der Waals surface area contributed by atoms with Gasteiger partial charge in [0.25, 0.3) is 0 Å². The van der Waals surface area contributed by atoms with E-state index in [1.54, 1.807) is 0 Å². The highest BCUT2D eigenvalue weighted by atomic mass is 16.5. The molecule has 2 aliphatic carbocycles. The lowest BCUT2D eigenvalue weighted by atomic mass is 9.66. The van der Waals surface area contributed by atoms with Crippen LogP contribution < -0.4 is 5.73 Å². The van der Waals surface area contributed by atoms with Crippen LogP contribution in [0.1, 0.15) is 85.0 Å². The summed E-state index contributed by atoms with van der Waals surface area (Å²) in [7, 11) is 0. The van der Waals surface area contributed by atoms with Crippen LogP contribution in [0, 0.1) is 17.3 Å². The molecule has 4 unspecified atom stereocenters. The molecule has 1 heterocycles. The topological polar surface area (TPSA) is 35.2 Å². The van der Waals surface area contributed by atoms with Crippen LogP contribution in [0.5, 0.6) is 0 Å². The van der Waals surface area contributed by atoms with Crippen molar-refractivity contribution in [1.29, 1.82) is 0 Å². The summed E-state index contributed by atoms with van der Waals surface area (Å²) >= 11 is 0. The Hall–Kier alpha value is -0.0800. The van der Waals surface area contributed by atoms with E-state index in [-0.39, 0.29) is 5.60 Å². The van der Waals surface area contributed by atoms with Crippen molar-refractivity contribution < 1.29 is 4.74 Å². The van der Waals surface area contributed by atoms with Gasteiger partial charge in [-0.05, 0) is 68.6 Å². The Morgan fingerprint density at radius 2 is 1.76 bits per heavy atom. The summed E-state index contributed by atoms with van der Waals surface area (Å²) < 4.78 is 6.53. The fourth-order valence-electron chi connectivity index (χ4n) is 5.13. The lowest BCUT2D eigenvalue weighted by molar-refractivity contribution is -0.0496. The first-order valence-electron chi connectivity index (χ1n) is 9.31. The Labute approximate surface area is 131 Å². The molecule has 2 nitrogen and oxygen atoms in total. The van der Waals surface area contributed by atoms with E-state index >= 15 is 0 Å². The van der Waals surface area contributed by atoms with Crippen LogP contribution in [0.15, 0.2) is 0 Å². The summed E-state index contributed by atoms with van der Waals surface area (Å²) in [6, 6.07) is 0.410. The summed E-state index contributed by atoms with van der Waals surface area (Å²) in [4.78, 5) is 0. The summed E-state index contributed by atoms with van der Waals surface area (Å²) in [6.45, 7) is 7.18. The van der Waals surface area contributed by atoms with Crippen LogP contribution in [-0.2, 0) is 4.74 Å². The lowest BCUT2D eigenvalue weighted by Gasteiger charge is -2.41. The van der Waals surface area contributed by atoms with Gasteiger partial charge >= 0.3 is 0 Å². The molecular weight excluding hydrogens is 258 g/mol. The van der Waals surface area contributed by atoms with Gasteiger partial charge in [-0.2, -0.15) is 0 Å². The van der Waals surface area contributed by atoms with Gasteiger partial charge in [0.05, 0.1) is 11.7 Å². The van der Waals surface area contributed by atoms with Crippen molar-refractivity contribution >= 4 is 0 Å². The highest BCUT2D eigenvalue weighted by Crippen LogP contribution is 2.47. The molecule has 21 heavy (non-hydrogen) atoms. The average Bonchev–Trinajstić information content (AvgIpc) is 3.02. The Bertz CT molecular complexity index is 353. The largest absolute Gasteiger partial charge is 0.372 e. The molecule has 3 aliphatic rings. The predicted octanol–water partition coefficient (Wildman–Crippen LogP) is 4.66. The molecule has 0 aromatic rings. The fraction of sp³-hybridized carbons (Fsp3) is 1.00. The third-order valence-corrected chi connectivity index (χ3v) is 6.68. The van der Waals surface area contributed by atoms with Crippen molar-refractivity contribution in [3.8, 4) is 0 Å². The van der Waals surface area contributed by atoms with Crippen LogP contribution in [0.4, 0.5) is 0 Å². The zero-order valence-electron chi connectivity index (χ0n) is 14.4. The second-order valence-corrected chi connectivity index (χ2v) is 9.20. The maximum Gasteiger partial charge on any atom is 0.0687 e. The van der Waals surface area contributed by atoms with Crippen molar-refractivity contribution in [1.82, 2.24) is 0 Å². The van der Waals surface area contributed by atoms with E-state index in [1.807, 2.05) is 0 Å².